The van der Waals surface area contributed by atoms with Gasteiger partial charge in [0.2, 0.25) is 0 Å². The normalized spacial score (nSPS) is 11.0. The molecule has 0 unspecified atom stereocenters. The van der Waals surface area contributed by atoms with Gasteiger partial charge in [0, 0.05) is 29.5 Å². The summed E-state index contributed by atoms with van der Waals surface area (Å²) >= 11 is 5.91. The second kappa shape index (κ2) is 3.99. The molecular weight excluding hydrogens is 248 g/mol. The van der Waals surface area contributed by atoms with Crippen LogP contribution in [0.2, 0.25) is 5.02 Å². The van der Waals surface area contributed by atoms with Crippen LogP contribution < -0.4 is 5.73 Å². The lowest BCUT2D eigenvalue weighted by molar-refractivity contribution is 0.957. The molecule has 0 saturated heterocycles. The standard InChI is InChI=1S/C13H11ClN4/c1-18-12-7-16-5-4-11(12)17-13(18)9-3-2-8(14)6-10(9)15/h2-7H,15H2,1H3. The third kappa shape index (κ3) is 1.62. The first kappa shape index (κ1) is 11.0. The summed E-state index contributed by atoms with van der Waals surface area (Å²) in [6.45, 7) is 0. The van der Waals surface area contributed by atoms with E-state index in [4.69, 9.17) is 17.3 Å². The Kier molecular flexibility index (Phi) is 2.45. The second-order valence-electron chi connectivity index (χ2n) is 4.09. The maximum absolute atomic E-state index is 5.99. The molecule has 4 nitrogen and oxygen atoms in total. The van der Waals surface area contributed by atoms with Gasteiger partial charge in [-0.15, -0.1) is 0 Å². The number of anilines is 1. The second-order valence-corrected chi connectivity index (χ2v) is 4.53. The summed E-state index contributed by atoms with van der Waals surface area (Å²) in [4.78, 5) is 8.68. The predicted octanol–water partition coefficient (Wildman–Crippen LogP) is 2.87. The molecule has 2 aromatic heterocycles. The Morgan fingerprint density at radius 1 is 1.28 bits per heavy atom. The first-order valence-corrected chi connectivity index (χ1v) is 5.86. The largest absolute Gasteiger partial charge is 0.398 e. The highest BCUT2D eigenvalue weighted by Crippen LogP contribution is 2.29. The van der Waals surface area contributed by atoms with E-state index in [0.717, 1.165) is 22.4 Å². The third-order valence-corrected chi connectivity index (χ3v) is 3.17. The molecule has 0 aliphatic rings. The van der Waals surface area contributed by atoms with Crippen LogP contribution in [0.4, 0.5) is 5.69 Å². The highest BCUT2D eigenvalue weighted by Gasteiger charge is 2.12. The molecule has 0 aliphatic carbocycles. The summed E-state index contributed by atoms with van der Waals surface area (Å²) in [5.74, 6) is 0.812. The summed E-state index contributed by atoms with van der Waals surface area (Å²) in [6, 6.07) is 7.30. The van der Waals surface area contributed by atoms with Crippen molar-refractivity contribution in [1.29, 1.82) is 0 Å². The number of halogens is 1. The van der Waals surface area contributed by atoms with Crippen molar-refractivity contribution < 1.29 is 0 Å². The fraction of sp³-hybridized carbons (Fsp3) is 0.0769. The fourth-order valence-electron chi connectivity index (χ4n) is 2.01. The Hall–Kier alpha value is -2.07. The molecule has 3 rings (SSSR count). The van der Waals surface area contributed by atoms with Crippen molar-refractivity contribution in [2.24, 2.45) is 7.05 Å². The predicted molar refractivity (Wildman–Crippen MR) is 73.4 cm³/mol. The Morgan fingerprint density at radius 2 is 2.11 bits per heavy atom. The van der Waals surface area contributed by atoms with Gasteiger partial charge in [-0.1, -0.05) is 11.6 Å². The topological polar surface area (TPSA) is 56.7 Å². The lowest BCUT2D eigenvalue weighted by Crippen LogP contribution is -1.96. The van der Waals surface area contributed by atoms with Crippen LogP contribution >= 0.6 is 11.6 Å². The Morgan fingerprint density at radius 3 is 2.83 bits per heavy atom. The van der Waals surface area contributed by atoms with E-state index < -0.39 is 0 Å². The van der Waals surface area contributed by atoms with E-state index in [-0.39, 0.29) is 0 Å². The molecule has 1 aromatic carbocycles. The molecular formula is C13H11ClN4. The van der Waals surface area contributed by atoms with Crippen molar-refractivity contribution in [3.8, 4) is 11.4 Å². The van der Waals surface area contributed by atoms with Crippen LogP contribution in [0.25, 0.3) is 22.4 Å². The Balaban J connectivity index is 2.28. The zero-order valence-corrected chi connectivity index (χ0v) is 10.5. The molecule has 0 atom stereocenters. The lowest BCUT2D eigenvalue weighted by Gasteiger charge is -2.06. The Bertz CT molecular complexity index is 733. The van der Waals surface area contributed by atoms with Crippen LogP contribution in [-0.2, 0) is 7.05 Å². The average Bonchev–Trinajstić information content (AvgIpc) is 2.68. The van der Waals surface area contributed by atoms with Crippen molar-refractivity contribution in [1.82, 2.24) is 14.5 Å². The van der Waals surface area contributed by atoms with E-state index in [2.05, 4.69) is 9.97 Å². The Labute approximate surface area is 109 Å². The van der Waals surface area contributed by atoms with E-state index in [0.29, 0.717) is 10.7 Å². The highest BCUT2D eigenvalue weighted by atomic mass is 35.5. The SMILES string of the molecule is Cn1c(-c2ccc(Cl)cc2N)nc2ccncc21. The van der Waals surface area contributed by atoms with Crippen molar-refractivity contribution in [3.63, 3.8) is 0 Å². The highest BCUT2D eigenvalue weighted by molar-refractivity contribution is 6.31. The van der Waals surface area contributed by atoms with Gasteiger partial charge in [0.1, 0.15) is 5.82 Å². The minimum atomic E-state index is 0.619. The number of nitrogens with two attached hydrogens (primary N) is 1. The number of aromatic nitrogens is 3. The van der Waals surface area contributed by atoms with Gasteiger partial charge in [-0.05, 0) is 24.3 Å². The lowest BCUT2D eigenvalue weighted by atomic mass is 10.1. The number of hydrogen-bond donors (Lipinski definition) is 1. The van der Waals surface area contributed by atoms with Crippen LogP contribution in [0.1, 0.15) is 0 Å². The molecule has 3 aromatic rings. The van der Waals surface area contributed by atoms with E-state index in [1.54, 1.807) is 18.5 Å². The summed E-state index contributed by atoms with van der Waals surface area (Å²) < 4.78 is 1.97. The van der Waals surface area contributed by atoms with E-state index in [1.165, 1.54) is 0 Å². The zero-order valence-electron chi connectivity index (χ0n) is 9.76. The summed E-state index contributed by atoms with van der Waals surface area (Å²) in [5, 5.41) is 0.622. The molecule has 0 aliphatic heterocycles. The van der Waals surface area contributed by atoms with Crippen molar-refractivity contribution in [2.75, 3.05) is 5.73 Å². The van der Waals surface area contributed by atoms with Crippen molar-refractivity contribution in [2.45, 2.75) is 0 Å². The van der Waals surface area contributed by atoms with Crippen molar-refractivity contribution >= 4 is 28.3 Å². The number of benzene rings is 1. The van der Waals surface area contributed by atoms with Gasteiger partial charge in [0.15, 0.2) is 0 Å². The average molecular weight is 259 g/mol. The summed E-state index contributed by atoms with van der Waals surface area (Å²) in [5.41, 5.74) is 9.36. The van der Waals surface area contributed by atoms with E-state index in [9.17, 15) is 0 Å². The maximum atomic E-state index is 5.99. The van der Waals surface area contributed by atoms with Crippen LogP contribution in [0.3, 0.4) is 0 Å². The maximum Gasteiger partial charge on any atom is 0.142 e. The van der Waals surface area contributed by atoms with Crippen LogP contribution in [0, 0.1) is 0 Å². The zero-order chi connectivity index (χ0) is 12.7. The molecule has 0 radical (unpaired) electrons. The van der Waals surface area contributed by atoms with Gasteiger partial charge < -0.3 is 10.3 Å². The van der Waals surface area contributed by atoms with Gasteiger partial charge in [-0.25, -0.2) is 4.98 Å². The van der Waals surface area contributed by atoms with Crippen LogP contribution in [0.15, 0.2) is 36.7 Å². The monoisotopic (exact) mass is 258 g/mol. The number of rotatable bonds is 1. The van der Waals surface area contributed by atoms with E-state index >= 15 is 0 Å². The molecule has 0 amide bonds. The fourth-order valence-corrected chi connectivity index (χ4v) is 2.19. The number of nitrogens with zero attached hydrogens (tertiary/aromatic N) is 3. The smallest absolute Gasteiger partial charge is 0.142 e. The first-order chi connectivity index (χ1) is 8.66. The molecule has 2 N–H and O–H groups in total. The van der Waals surface area contributed by atoms with E-state index in [1.807, 2.05) is 29.8 Å². The molecule has 0 spiro atoms. The van der Waals surface area contributed by atoms with Gasteiger partial charge >= 0.3 is 0 Å². The number of fused-ring (bicyclic) bond motifs is 1. The minimum absolute atomic E-state index is 0.619. The van der Waals surface area contributed by atoms with Crippen molar-refractivity contribution in [3.05, 3.63) is 41.7 Å². The number of aryl methyl sites for hydroxylation is 1. The van der Waals surface area contributed by atoms with Gasteiger partial charge in [0.05, 0.1) is 17.2 Å². The number of nitrogen functional groups attached to an aromatic ring is 1. The summed E-state index contributed by atoms with van der Waals surface area (Å²) in [7, 11) is 1.94. The third-order valence-electron chi connectivity index (χ3n) is 2.94. The quantitative estimate of drug-likeness (QED) is 0.683. The van der Waals surface area contributed by atoms with Crippen LogP contribution in [0.5, 0.6) is 0 Å². The molecule has 0 bridgehead atoms. The van der Waals surface area contributed by atoms with Crippen LogP contribution in [-0.4, -0.2) is 14.5 Å². The molecule has 2 heterocycles. The molecule has 5 heteroatoms. The molecule has 0 fully saturated rings. The van der Waals surface area contributed by atoms with Gasteiger partial charge in [-0.2, -0.15) is 0 Å². The first-order valence-electron chi connectivity index (χ1n) is 5.48. The summed E-state index contributed by atoms with van der Waals surface area (Å²) in [6.07, 6.45) is 3.52. The molecule has 0 saturated carbocycles. The number of imidazole rings is 1. The minimum Gasteiger partial charge on any atom is -0.398 e. The molecule has 18 heavy (non-hydrogen) atoms. The number of pyridine rings is 1. The number of hydrogen-bond acceptors (Lipinski definition) is 3. The van der Waals surface area contributed by atoms with Gasteiger partial charge in [-0.3, -0.25) is 4.98 Å². The van der Waals surface area contributed by atoms with Gasteiger partial charge in [0.25, 0.3) is 0 Å². The molecule has 90 valence electrons.